The van der Waals surface area contributed by atoms with Crippen molar-refractivity contribution >= 4 is 5.91 Å². The SMILES string of the molecule is COc1ccc(C(=O)N2CC(O)C(Cc3cc(C)no3)C2)c(OC)c1. The summed E-state index contributed by atoms with van der Waals surface area (Å²) < 4.78 is 15.7. The highest BCUT2D eigenvalue weighted by atomic mass is 16.5. The van der Waals surface area contributed by atoms with Gasteiger partial charge in [-0.05, 0) is 19.1 Å². The summed E-state index contributed by atoms with van der Waals surface area (Å²) in [4.78, 5) is 14.5. The predicted molar refractivity (Wildman–Crippen MR) is 89.9 cm³/mol. The van der Waals surface area contributed by atoms with Gasteiger partial charge in [-0.15, -0.1) is 0 Å². The molecule has 2 atom stereocenters. The van der Waals surface area contributed by atoms with E-state index in [-0.39, 0.29) is 18.4 Å². The average Bonchev–Trinajstić information content (AvgIpc) is 3.19. The second-order valence-electron chi connectivity index (χ2n) is 6.24. The van der Waals surface area contributed by atoms with Crippen molar-refractivity contribution < 1.29 is 23.9 Å². The third kappa shape index (κ3) is 3.61. The van der Waals surface area contributed by atoms with Crippen LogP contribution < -0.4 is 9.47 Å². The molecule has 2 aromatic rings. The lowest BCUT2D eigenvalue weighted by molar-refractivity contribution is 0.0761. The number of aromatic nitrogens is 1. The van der Waals surface area contributed by atoms with Gasteiger partial charge in [0.2, 0.25) is 0 Å². The van der Waals surface area contributed by atoms with Crippen molar-refractivity contribution in [3.63, 3.8) is 0 Å². The number of carbonyl (C=O) groups excluding carboxylic acids is 1. The molecule has 0 saturated carbocycles. The van der Waals surface area contributed by atoms with Gasteiger partial charge < -0.3 is 24.0 Å². The Kier molecular flexibility index (Phi) is 4.94. The molecule has 7 nitrogen and oxygen atoms in total. The second-order valence-corrected chi connectivity index (χ2v) is 6.24. The van der Waals surface area contributed by atoms with E-state index in [0.29, 0.717) is 30.0 Å². The molecule has 1 aromatic carbocycles. The molecular formula is C18H22N2O5. The fourth-order valence-corrected chi connectivity index (χ4v) is 3.14. The molecule has 2 unspecified atom stereocenters. The summed E-state index contributed by atoms with van der Waals surface area (Å²) in [5, 5.41) is 14.2. The maximum absolute atomic E-state index is 12.8. The number of hydrogen-bond donors (Lipinski definition) is 1. The molecule has 0 radical (unpaired) electrons. The van der Waals surface area contributed by atoms with E-state index in [1.807, 2.05) is 13.0 Å². The molecule has 1 aliphatic rings. The molecule has 134 valence electrons. The van der Waals surface area contributed by atoms with Crippen molar-refractivity contribution in [1.29, 1.82) is 0 Å². The number of aliphatic hydroxyl groups is 1. The monoisotopic (exact) mass is 346 g/mol. The summed E-state index contributed by atoms with van der Waals surface area (Å²) in [6.07, 6.45) is -0.0514. The number of likely N-dealkylation sites (tertiary alicyclic amines) is 1. The van der Waals surface area contributed by atoms with Gasteiger partial charge >= 0.3 is 0 Å². The molecule has 2 heterocycles. The van der Waals surface area contributed by atoms with E-state index in [2.05, 4.69) is 5.16 Å². The molecule has 1 amide bonds. The van der Waals surface area contributed by atoms with Crippen molar-refractivity contribution in [3.05, 3.63) is 41.3 Å². The Labute approximate surface area is 146 Å². The van der Waals surface area contributed by atoms with Crippen LogP contribution in [0.3, 0.4) is 0 Å². The lowest BCUT2D eigenvalue weighted by atomic mass is 10.0. The molecule has 7 heteroatoms. The summed E-state index contributed by atoms with van der Waals surface area (Å²) in [7, 11) is 3.07. The highest BCUT2D eigenvalue weighted by Gasteiger charge is 2.35. The summed E-state index contributed by atoms with van der Waals surface area (Å²) in [5.41, 5.74) is 1.25. The van der Waals surface area contributed by atoms with Crippen molar-refractivity contribution in [2.24, 2.45) is 5.92 Å². The lowest BCUT2D eigenvalue weighted by Gasteiger charge is -2.18. The van der Waals surface area contributed by atoms with Crippen LogP contribution in [-0.4, -0.2) is 54.5 Å². The zero-order valence-electron chi connectivity index (χ0n) is 14.6. The molecule has 3 rings (SSSR count). The van der Waals surface area contributed by atoms with Gasteiger partial charge in [-0.25, -0.2) is 0 Å². The van der Waals surface area contributed by atoms with Crippen LogP contribution in [0.15, 0.2) is 28.8 Å². The van der Waals surface area contributed by atoms with Gasteiger partial charge in [0.05, 0.1) is 31.6 Å². The van der Waals surface area contributed by atoms with E-state index < -0.39 is 6.10 Å². The zero-order valence-corrected chi connectivity index (χ0v) is 14.6. The van der Waals surface area contributed by atoms with E-state index in [9.17, 15) is 9.90 Å². The van der Waals surface area contributed by atoms with Crippen LogP contribution in [0.25, 0.3) is 0 Å². The van der Waals surface area contributed by atoms with Gasteiger partial charge in [0.15, 0.2) is 0 Å². The number of benzene rings is 1. The van der Waals surface area contributed by atoms with Crippen LogP contribution in [0.1, 0.15) is 21.8 Å². The number of methoxy groups -OCH3 is 2. The first-order chi connectivity index (χ1) is 12.0. The number of β-amino-alcohol motifs (C(OH)–C–C–N with tert-alkyl or cyclic N) is 1. The molecule has 25 heavy (non-hydrogen) atoms. The Bertz CT molecular complexity index is 758. The number of carbonyl (C=O) groups is 1. The topological polar surface area (TPSA) is 85.0 Å². The molecule has 0 spiro atoms. The van der Waals surface area contributed by atoms with Crippen molar-refractivity contribution in [2.45, 2.75) is 19.4 Å². The van der Waals surface area contributed by atoms with Crippen LogP contribution in [0.2, 0.25) is 0 Å². The van der Waals surface area contributed by atoms with Crippen LogP contribution >= 0.6 is 0 Å². The molecule has 1 aliphatic heterocycles. The van der Waals surface area contributed by atoms with E-state index in [0.717, 1.165) is 11.5 Å². The van der Waals surface area contributed by atoms with Crippen LogP contribution in [0.5, 0.6) is 11.5 Å². The standard InChI is InChI=1S/C18H22N2O5/c1-11-6-14(25-19-11)7-12-9-20(10-16(12)21)18(22)15-5-4-13(23-2)8-17(15)24-3/h4-6,8,12,16,21H,7,9-10H2,1-3H3. The number of aryl methyl sites for hydroxylation is 1. The fraction of sp³-hybridized carbons (Fsp3) is 0.444. The Hall–Kier alpha value is -2.54. The normalized spacial score (nSPS) is 19.9. The second kappa shape index (κ2) is 7.14. The minimum atomic E-state index is -0.599. The van der Waals surface area contributed by atoms with Gasteiger partial charge in [0.1, 0.15) is 17.3 Å². The quantitative estimate of drug-likeness (QED) is 0.887. The fourth-order valence-electron chi connectivity index (χ4n) is 3.14. The lowest BCUT2D eigenvalue weighted by Crippen LogP contribution is -2.30. The number of aliphatic hydroxyl groups excluding tert-OH is 1. The van der Waals surface area contributed by atoms with Gasteiger partial charge in [-0.1, -0.05) is 5.16 Å². The maximum atomic E-state index is 12.8. The number of rotatable bonds is 5. The number of nitrogens with zero attached hydrogens (tertiary/aromatic N) is 2. The first-order valence-corrected chi connectivity index (χ1v) is 8.13. The van der Waals surface area contributed by atoms with Gasteiger partial charge in [0, 0.05) is 37.6 Å². The summed E-state index contributed by atoms with van der Waals surface area (Å²) >= 11 is 0. The van der Waals surface area contributed by atoms with E-state index in [1.54, 1.807) is 30.2 Å². The summed E-state index contributed by atoms with van der Waals surface area (Å²) in [6.45, 7) is 2.59. The van der Waals surface area contributed by atoms with Crippen molar-refractivity contribution in [1.82, 2.24) is 10.1 Å². The third-order valence-corrected chi connectivity index (χ3v) is 4.47. The number of amides is 1. The number of ether oxygens (including phenoxy) is 2. The smallest absolute Gasteiger partial charge is 0.257 e. The third-order valence-electron chi connectivity index (χ3n) is 4.47. The first kappa shape index (κ1) is 17.3. The Balaban J connectivity index is 1.73. The van der Waals surface area contributed by atoms with E-state index in [1.165, 1.54) is 7.11 Å². The van der Waals surface area contributed by atoms with Crippen LogP contribution in [0, 0.1) is 12.8 Å². The van der Waals surface area contributed by atoms with Crippen LogP contribution in [-0.2, 0) is 6.42 Å². The van der Waals surface area contributed by atoms with Gasteiger partial charge in [-0.2, -0.15) is 0 Å². The number of hydrogen-bond acceptors (Lipinski definition) is 6. The summed E-state index contributed by atoms with van der Waals surface area (Å²) in [5.74, 6) is 1.54. The maximum Gasteiger partial charge on any atom is 0.257 e. The molecule has 1 aromatic heterocycles. The molecule has 1 N–H and O–H groups in total. The van der Waals surface area contributed by atoms with Gasteiger partial charge in [0.25, 0.3) is 5.91 Å². The van der Waals surface area contributed by atoms with Gasteiger partial charge in [-0.3, -0.25) is 4.79 Å². The summed E-state index contributed by atoms with van der Waals surface area (Å²) in [6, 6.07) is 6.93. The Morgan fingerprint density at radius 2 is 2.12 bits per heavy atom. The first-order valence-electron chi connectivity index (χ1n) is 8.13. The Morgan fingerprint density at radius 1 is 1.32 bits per heavy atom. The Morgan fingerprint density at radius 3 is 2.76 bits per heavy atom. The van der Waals surface area contributed by atoms with Crippen LogP contribution in [0.4, 0.5) is 0 Å². The molecular weight excluding hydrogens is 324 g/mol. The molecule has 0 aliphatic carbocycles. The molecule has 1 saturated heterocycles. The molecule has 0 bridgehead atoms. The average molecular weight is 346 g/mol. The van der Waals surface area contributed by atoms with Crippen molar-refractivity contribution in [2.75, 3.05) is 27.3 Å². The highest BCUT2D eigenvalue weighted by Crippen LogP contribution is 2.29. The predicted octanol–water partition coefficient (Wildman–Crippen LogP) is 1.68. The van der Waals surface area contributed by atoms with E-state index >= 15 is 0 Å². The molecule has 1 fully saturated rings. The van der Waals surface area contributed by atoms with Crippen molar-refractivity contribution in [3.8, 4) is 11.5 Å². The van der Waals surface area contributed by atoms with E-state index in [4.69, 9.17) is 14.0 Å². The highest BCUT2D eigenvalue weighted by molar-refractivity contribution is 5.97. The minimum absolute atomic E-state index is 0.0828. The zero-order chi connectivity index (χ0) is 18.0. The minimum Gasteiger partial charge on any atom is -0.497 e. The largest absolute Gasteiger partial charge is 0.497 e.